The SMILES string of the molecule is O=C1Nc2ccccc2CCC1Oc1cccnc1F. The number of hydrogen-bond acceptors (Lipinski definition) is 3. The summed E-state index contributed by atoms with van der Waals surface area (Å²) in [5, 5.41) is 2.81. The molecule has 1 aliphatic heterocycles. The highest BCUT2D eigenvalue weighted by Gasteiger charge is 2.26. The van der Waals surface area contributed by atoms with Crippen molar-refractivity contribution in [1.29, 1.82) is 0 Å². The fourth-order valence-electron chi connectivity index (χ4n) is 2.22. The number of carbonyl (C=O) groups excluding carboxylic acids is 1. The molecular weight excluding hydrogens is 259 g/mol. The Labute approximate surface area is 115 Å². The van der Waals surface area contributed by atoms with Gasteiger partial charge in [-0.15, -0.1) is 0 Å². The first-order valence-electron chi connectivity index (χ1n) is 6.40. The number of benzene rings is 1. The number of nitrogens with zero attached hydrogens (tertiary/aromatic N) is 1. The highest BCUT2D eigenvalue weighted by molar-refractivity contribution is 5.95. The van der Waals surface area contributed by atoms with Crippen LogP contribution in [0.4, 0.5) is 10.1 Å². The number of aryl methyl sites for hydroxylation is 1. The molecule has 2 aromatic rings. The zero-order valence-electron chi connectivity index (χ0n) is 10.7. The Kier molecular flexibility index (Phi) is 3.33. The molecule has 0 radical (unpaired) electrons. The second-order valence-corrected chi connectivity index (χ2v) is 4.58. The summed E-state index contributed by atoms with van der Waals surface area (Å²) < 4.78 is 18.9. The summed E-state index contributed by atoms with van der Waals surface area (Å²) in [6.07, 6.45) is 1.81. The number of anilines is 1. The van der Waals surface area contributed by atoms with E-state index in [2.05, 4.69) is 10.3 Å². The summed E-state index contributed by atoms with van der Waals surface area (Å²) in [7, 11) is 0. The van der Waals surface area contributed by atoms with Crippen molar-refractivity contribution in [2.45, 2.75) is 18.9 Å². The molecule has 102 valence electrons. The number of ether oxygens (including phenoxy) is 1. The van der Waals surface area contributed by atoms with Gasteiger partial charge in [0.05, 0.1) is 0 Å². The molecule has 0 spiro atoms. The fraction of sp³-hybridized carbons (Fsp3) is 0.200. The first-order chi connectivity index (χ1) is 9.74. The normalized spacial score (nSPS) is 17.9. The van der Waals surface area contributed by atoms with Crippen LogP contribution >= 0.6 is 0 Å². The van der Waals surface area contributed by atoms with Crippen LogP contribution in [0.1, 0.15) is 12.0 Å². The Morgan fingerprint density at radius 3 is 2.95 bits per heavy atom. The van der Waals surface area contributed by atoms with Gasteiger partial charge < -0.3 is 10.1 Å². The smallest absolute Gasteiger partial charge is 0.265 e. The fourth-order valence-corrected chi connectivity index (χ4v) is 2.22. The maximum Gasteiger partial charge on any atom is 0.265 e. The molecule has 3 rings (SSSR count). The zero-order chi connectivity index (χ0) is 13.9. The molecule has 1 N–H and O–H groups in total. The van der Waals surface area contributed by atoms with Crippen molar-refractivity contribution in [2.24, 2.45) is 0 Å². The monoisotopic (exact) mass is 272 g/mol. The van der Waals surface area contributed by atoms with Crippen LogP contribution < -0.4 is 10.1 Å². The van der Waals surface area contributed by atoms with Crippen LogP contribution in [0.2, 0.25) is 0 Å². The van der Waals surface area contributed by atoms with Crippen molar-refractivity contribution >= 4 is 11.6 Å². The maximum atomic E-state index is 13.5. The lowest BCUT2D eigenvalue weighted by Gasteiger charge is -2.15. The van der Waals surface area contributed by atoms with Gasteiger partial charge in [0, 0.05) is 11.9 Å². The lowest BCUT2D eigenvalue weighted by atomic mass is 10.1. The van der Waals surface area contributed by atoms with Crippen LogP contribution in [-0.2, 0) is 11.2 Å². The summed E-state index contributed by atoms with van der Waals surface area (Å²) in [4.78, 5) is 15.6. The number of nitrogens with one attached hydrogen (secondary N) is 1. The largest absolute Gasteiger partial charge is 0.476 e. The molecule has 4 nitrogen and oxygen atoms in total. The molecule has 1 aromatic heterocycles. The van der Waals surface area contributed by atoms with Crippen molar-refractivity contribution < 1.29 is 13.9 Å². The Morgan fingerprint density at radius 1 is 1.25 bits per heavy atom. The van der Waals surface area contributed by atoms with Crippen molar-refractivity contribution in [3.05, 3.63) is 54.1 Å². The van der Waals surface area contributed by atoms with Gasteiger partial charge in [0.15, 0.2) is 11.9 Å². The highest BCUT2D eigenvalue weighted by Crippen LogP contribution is 2.24. The highest BCUT2D eigenvalue weighted by atomic mass is 19.1. The van der Waals surface area contributed by atoms with E-state index in [9.17, 15) is 9.18 Å². The number of amides is 1. The van der Waals surface area contributed by atoms with E-state index in [4.69, 9.17) is 4.74 Å². The summed E-state index contributed by atoms with van der Waals surface area (Å²) in [5.74, 6) is -0.973. The third-order valence-corrected chi connectivity index (χ3v) is 3.24. The average molecular weight is 272 g/mol. The molecule has 0 saturated carbocycles. The topological polar surface area (TPSA) is 51.2 Å². The summed E-state index contributed by atoms with van der Waals surface area (Å²) in [6, 6.07) is 10.6. The molecule has 0 bridgehead atoms. The summed E-state index contributed by atoms with van der Waals surface area (Å²) in [5.41, 5.74) is 1.84. The van der Waals surface area contributed by atoms with E-state index in [0.717, 1.165) is 11.3 Å². The van der Waals surface area contributed by atoms with Crippen LogP contribution in [-0.4, -0.2) is 17.0 Å². The maximum absolute atomic E-state index is 13.5. The Morgan fingerprint density at radius 2 is 2.10 bits per heavy atom. The second kappa shape index (κ2) is 5.28. The van der Waals surface area contributed by atoms with Crippen LogP contribution in [0.5, 0.6) is 5.75 Å². The van der Waals surface area contributed by atoms with Gasteiger partial charge in [-0.1, -0.05) is 18.2 Å². The number of carbonyl (C=O) groups is 1. The Bertz CT molecular complexity index is 645. The first kappa shape index (κ1) is 12.6. The predicted octanol–water partition coefficient (Wildman–Crippen LogP) is 2.55. The predicted molar refractivity (Wildman–Crippen MR) is 72.0 cm³/mol. The van der Waals surface area contributed by atoms with Crippen LogP contribution in [0.25, 0.3) is 0 Å². The molecule has 20 heavy (non-hydrogen) atoms. The van der Waals surface area contributed by atoms with Gasteiger partial charge in [-0.3, -0.25) is 4.79 Å². The van der Waals surface area contributed by atoms with Crippen molar-refractivity contribution in [2.75, 3.05) is 5.32 Å². The van der Waals surface area contributed by atoms with Gasteiger partial charge in [-0.25, -0.2) is 4.98 Å². The van der Waals surface area contributed by atoms with Gasteiger partial charge in [0.2, 0.25) is 0 Å². The zero-order valence-corrected chi connectivity index (χ0v) is 10.7. The molecule has 5 heteroatoms. The summed E-state index contributed by atoms with van der Waals surface area (Å²) >= 11 is 0. The minimum absolute atomic E-state index is 0.00129. The standard InChI is InChI=1S/C15H13FN2O2/c16-14-12(6-3-9-17-14)20-13-8-7-10-4-1-2-5-11(10)18-15(13)19/h1-6,9,13H,7-8H2,(H,18,19). The third-order valence-electron chi connectivity index (χ3n) is 3.24. The molecule has 1 aliphatic rings. The molecule has 0 fully saturated rings. The van der Waals surface area contributed by atoms with Crippen LogP contribution in [0.15, 0.2) is 42.6 Å². The minimum Gasteiger partial charge on any atom is -0.476 e. The molecule has 1 aromatic carbocycles. The van der Waals surface area contributed by atoms with Crippen molar-refractivity contribution in [1.82, 2.24) is 4.98 Å². The quantitative estimate of drug-likeness (QED) is 0.855. The van der Waals surface area contributed by atoms with Gasteiger partial charge in [0.1, 0.15) is 0 Å². The Balaban J connectivity index is 1.80. The van der Waals surface area contributed by atoms with Crippen molar-refractivity contribution in [3.8, 4) is 5.75 Å². The molecule has 1 atom stereocenters. The molecule has 2 heterocycles. The van der Waals surface area contributed by atoms with Crippen LogP contribution in [0, 0.1) is 5.95 Å². The van der Waals surface area contributed by atoms with E-state index in [1.165, 1.54) is 12.3 Å². The van der Waals surface area contributed by atoms with Gasteiger partial charge in [-0.2, -0.15) is 4.39 Å². The average Bonchev–Trinajstić information content (AvgIpc) is 2.61. The first-order valence-corrected chi connectivity index (χ1v) is 6.40. The van der Waals surface area contributed by atoms with E-state index >= 15 is 0 Å². The number of hydrogen-bond donors (Lipinski definition) is 1. The molecule has 1 unspecified atom stereocenters. The van der Waals surface area contributed by atoms with Gasteiger partial charge in [-0.05, 0) is 36.6 Å². The number of fused-ring (bicyclic) bond motifs is 1. The van der Waals surface area contributed by atoms with Gasteiger partial charge in [0.25, 0.3) is 11.9 Å². The lowest BCUT2D eigenvalue weighted by molar-refractivity contribution is -0.122. The number of pyridine rings is 1. The van der Waals surface area contributed by atoms with E-state index in [0.29, 0.717) is 12.8 Å². The molecule has 1 amide bonds. The number of aromatic nitrogens is 1. The number of rotatable bonds is 2. The minimum atomic E-state index is -0.721. The molecular formula is C15H13FN2O2. The summed E-state index contributed by atoms with van der Waals surface area (Å²) in [6.45, 7) is 0. The van der Waals surface area contributed by atoms with Crippen LogP contribution in [0.3, 0.4) is 0 Å². The molecule has 0 saturated heterocycles. The number of para-hydroxylation sites is 1. The van der Waals surface area contributed by atoms with E-state index in [1.807, 2.05) is 24.3 Å². The third kappa shape index (κ3) is 2.47. The van der Waals surface area contributed by atoms with Crippen molar-refractivity contribution in [3.63, 3.8) is 0 Å². The van der Waals surface area contributed by atoms with E-state index < -0.39 is 12.1 Å². The number of halogens is 1. The van der Waals surface area contributed by atoms with E-state index in [-0.39, 0.29) is 11.7 Å². The molecule has 0 aliphatic carbocycles. The van der Waals surface area contributed by atoms with E-state index in [1.54, 1.807) is 6.07 Å². The van der Waals surface area contributed by atoms with Gasteiger partial charge >= 0.3 is 0 Å². The Hall–Kier alpha value is -2.43. The lowest BCUT2D eigenvalue weighted by Crippen LogP contribution is -2.32. The second-order valence-electron chi connectivity index (χ2n) is 4.58.